The summed E-state index contributed by atoms with van der Waals surface area (Å²) < 4.78 is 0. The number of hydrogen-bond acceptors (Lipinski definition) is 0. The molecule has 1 rings (SSSR count). The summed E-state index contributed by atoms with van der Waals surface area (Å²) in [5.41, 5.74) is 7.32. The summed E-state index contributed by atoms with van der Waals surface area (Å²) in [5, 5.41) is 0. The minimum absolute atomic E-state index is 0. The maximum absolute atomic E-state index is 2.29. The molecule has 1 aromatic carbocycles. The van der Waals surface area contributed by atoms with Gasteiger partial charge in [-0.05, 0) is 61.9 Å². The molecule has 0 nitrogen and oxygen atoms in total. The van der Waals surface area contributed by atoms with E-state index in [1.807, 2.05) is 27.7 Å². The average molecular weight is 238 g/mol. The Labute approximate surface area is 110 Å². The van der Waals surface area contributed by atoms with Crippen molar-refractivity contribution < 1.29 is 0 Å². The third-order valence-corrected chi connectivity index (χ3v) is 2.87. The molecule has 0 radical (unpaired) electrons. The predicted molar refractivity (Wildman–Crippen MR) is 84.2 cm³/mol. The quantitative estimate of drug-likeness (QED) is 0.548. The second-order valence-electron chi connectivity index (χ2n) is 3.59. The van der Waals surface area contributed by atoms with Crippen molar-refractivity contribution in [1.82, 2.24) is 0 Å². The van der Waals surface area contributed by atoms with Gasteiger partial charge < -0.3 is 0 Å². The van der Waals surface area contributed by atoms with Crippen LogP contribution in [0.5, 0.6) is 0 Å². The van der Waals surface area contributed by atoms with E-state index in [4.69, 9.17) is 0 Å². The Morgan fingerprint density at radius 2 is 1.18 bits per heavy atom. The molecule has 0 aliphatic rings. The molecular weight excluding hydrogens is 204 g/mol. The lowest BCUT2D eigenvalue weighted by Crippen LogP contribution is -1.96. The van der Waals surface area contributed by atoms with E-state index in [-0.39, 0.29) is 7.43 Å². The molecule has 1 aromatic rings. The lowest BCUT2D eigenvalue weighted by molar-refractivity contribution is 1.05. The molecule has 0 unspecified atom stereocenters. The first-order valence-corrected chi connectivity index (χ1v) is 6.64. The van der Waals surface area contributed by atoms with Gasteiger partial charge in [0.05, 0.1) is 0 Å². The van der Waals surface area contributed by atoms with Crippen molar-refractivity contribution in [2.24, 2.45) is 0 Å². The van der Waals surface area contributed by atoms with Crippen LogP contribution < -0.4 is 0 Å². The third-order valence-electron chi connectivity index (χ3n) is 2.87. The van der Waals surface area contributed by atoms with Gasteiger partial charge in [0.15, 0.2) is 0 Å². The molecule has 17 heavy (non-hydrogen) atoms. The molecule has 0 heteroatoms. The molecule has 0 atom stereocenters. The number of aryl methyl sites for hydroxylation is 2. The molecule has 0 N–H and O–H groups in total. The van der Waals surface area contributed by atoms with E-state index in [0.717, 1.165) is 6.42 Å². The molecule has 102 valence electrons. The van der Waals surface area contributed by atoms with E-state index >= 15 is 0 Å². The van der Waals surface area contributed by atoms with Crippen LogP contribution in [-0.2, 0) is 6.42 Å². The van der Waals surface area contributed by atoms with Crippen molar-refractivity contribution in [3.63, 3.8) is 0 Å². The zero-order valence-corrected chi connectivity index (χ0v) is 12.8. The van der Waals surface area contributed by atoms with Crippen LogP contribution in [0.3, 0.4) is 0 Å². The topological polar surface area (TPSA) is 0 Å². The van der Waals surface area contributed by atoms with Crippen LogP contribution in [0.25, 0.3) is 0 Å². The number of benzene rings is 1. The molecule has 0 saturated heterocycles. The predicted octanol–water partition coefficient (Wildman–Crippen LogP) is 6.17. The van der Waals surface area contributed by atoms with Crippen molar-refractivity contribution in [2.45, 2.75) is 76.2 Å². The lowest BCUT2D eigenvalue weighted by atomic mass is 9.93. The number of rotatable bonds is 1. The summed E-state index contributed by atoms with van der Waals surface area (Å²) in [4.78, 5) is 0. The van der Waals surface area contributed by atoms with Crippen LogP contribution in [0.4, 0.5) is 0 Å². The van der Waals surface area contributed by atoms with Crippen LogP contribution in [0.15, 0.2) is 6.07 Å². The maximum Gasteiger partial charge on any atom is -0.0302 e. The molecule has 0 heterocycles. The van der Waals surface area contributed by atoms with Gasteiger partial charge >= 0.3 is 0 Å². The molecule has 0 fully saturated rings. The van der Waals surface area contributed by atoms with Gasteiger partial charge in [0, 0.05) is 0 Å². The molecule has 0 aliphatic heterocycles. The lowest BCUT2D eigenvalue weighted by Gasteiger charge is -2.13. The summed E-state index contributed by atoms with van der Waals surface area (Å²) in [6.07, 6.45) is 1.15. The van der Waals surface area contributed by atoms with Crippen LogP contribution in [-0.4, -0.2) is 0 Å². The van der Waals surface area contributed by atoms with Crippen LogP contribution in [0.1, 0.15) is 69.9 Å². The van der Waals surface area contributed by atoms with Crippen molar-refractivity contribution in [2.75, 3.05) is 0 Å². The minimum atomic E-state index is 0. The molecular formula is C17H34. The fourth-order valence-electron chi connectivity index (χ4n) is 1.88. The fourth-order valence-corrected chi connectivity index (χ4v) is 1.88. The third kappa shape index (κ3) is 5.91. The zero-order chi connectivity index (χ0) is 13.3. The van der Waals surface area contributed by atoms with Gasteiger partial charge in [-0.15, -0.1) is 0 Å². The largest absolute Gasteiger partial charge is 0.0776 e. The molecule has 0 amide bonds. The smallest absolute Gasteiger partial charge is 0.0302 e. The summed E-state index contributed by atoms with van der Waals surface area (Å²) in [5.74, 6) is 0. The molecule has 0 bridgehead atoms. The summed E-state index contributed by atoms with van der Waals surface area (Å²) in [6.45, 7) is 19.1. The van der Waals surface area contributed by atoms with Crippen LogP contribution in [0.2, 0.25) is 0 Å². The van der Waals surface area contributed by atoms with Gasteiger partial charge in [0.25, 0.3) is 0 Å². The summed E-state index contributed by atoms with van der Waals surface area (Å²) in [7, 11) is 0. The minimum Gasteiger partial charge on any atom is -0.0776 e. The average Bonchev–Trinajstić information content (AvgIpc) is 2.32. The highest BCUT2D eigenvalue weighted by molar-refractivity contribution is 5.43. The number of hydrogen-bond donors (Lipinski definition) is 0. The van der Waals surface area contributed by atoms with Gasteiger partial charge in [-0.3, -0.25) is 0 Å². The molecule has 0 aliphatic carbocycles. The van der Waals surface area contributed by atoms with E-state index < -0.39 is 0 Å². The van der Waals surface area contributed by atoms with E-state index in [0.29, 0.717) is 0 Å². The van der Waals surface area contributed by atoms with E-state index in [1.165, 1.54) is 27.8 Å². The molecule has 0 spiro atoms. The highest BCUT2D eigenvalue weighted by Crippen LogP contribution is 2.21. The van der Waals surface area contributed by atoms with Gasteiger partial charge in [0.2, 0.25) is 0 Å². The van der Waals surface area contributed by atoms with Crippen LogP contribution >= 0.6 is 0 Å². The Balaban J connectivity index is -0.000000355. The van der Waals surface area contributed by atoms with Gasteiger partial charge in [0.1, 0.15) is 0 Å². The second-order valence-corrected chi connectivity index (χ2v) is 3.59. The Kier molecular flexibility index (Phi) is 14.8. The first-order chi connectivity index (χ1) is 7.57. The summed E-state index contributed by atoms with van der Waals surface area (Å²) >= 11 is 0. The standard InChI is InChI=1S/C12H18.2C2H6.CH4/c1-6-12-9(3)7-8(2)10(4)11(12)5;2*1-2;/h7H,6H2,1-5H3;2*1-2H3;1H4. The normalized spacial score (nSPS) is 8.06. The van der Waals surface area contributed by atoms with Crippen molar-refractivity contribution in [1.29, 1.82) is 0 Å². The first-order valence-electron chi connectivity index (χ1n) is 6.64. The molecule has 0 aromatic heterocycles. The van der Waals surface area contributed by atoms with Gasteiger partial charge in [-0.25, -0.2) is 0 Å². The Bertz CT molecular complexity index is 295. The van der Waals surface area contributed by atoms with E-state index in [2.05, 4.69) is 40.7 Å². The van der Waals surface area contributed by atoms with Crippen LogP contribution in [0, 0.1) is 27.7 Å². The highest BCUT2D eigenvalue weighted by atomic mass is 14.1. The Morgan fingerprint density at radius 3 is 1.53 bits per heavy atom. The first kappa shape index (κ1) is 21.5. The zero-order valence-electron chi connectivity index (χ0n) is 12.8. The van der Waals surface area contributed by atoms with Gasteiger partial charge in [-0.1, -0.05) is 48.1 Å². The van der Waals surface area contributed by atoms with Crippen molar-refractivity contribution in [3.8, 4) is 0 Å². The molecule has 0 saturated carbocycles. The van der Waals surface area contributed by atoms with E-state index in [9.17, 15) is 0 Å². The monoisotopic (exact) mass is 238 g/mol. The highest BCUT2D eigenvalue weighted by Gasteiger charge is 2.05. The fraction of sp³-hybridized carbons (Fsp3) is 0.647. The maximum atomic E-state index is 2.29. The van der Waals surface area contributed by atoms with Crippen molar-refractivity contribution in [3.05, 3.63) is 33.9 Å². The Hall–Kier alpha value is -0.780. The van der Waals surface area contributed by atoms with Gasteiger partial charge in [-0.2, -0.15) is 0 Å². The van der Waals surface area contributed by atoms with E-state index in [1.54, 1.807) is 0 Å². The van der Waals surface area contributed by atoms with Crippen molar-refractivity contribution >= 4 is 0 Å². The second kappa shape index (κ2) is 11.7. The Morgan fingerprint density at radius 1 is 0.765 bits per heavy atom. The summed E-state index contributed by atoms with van der Waals surface area (Å²) in [6, 6.07) is 2.29. The SMILES string of the molecule is C.CC.CC.CCc1c(C)cc(C)c(C)c1C.